The number of halogens is 3. The highest BCUT2D eigenvalue weighted by Gasteiger charge is 2.49. The Kier molecular flexibility index (Phi) is 4.96. The van der Waals surface area contributed by atoms with E-state index in [0.29, 0.717) is 16.8 Å². The Morgan fingerprint density at radius 2 is 1.45 bits per heavy atom. The molecule has 4 nitrogen and oxygen atoms in total. The van der Waals surface area contributed by atoms with Crippen LogP contribution in [0.2, 0.25) is 0 Å². The lowest BCUT2D eigenvalue weighted by atomic mass is 9.77. The number of amides is 1. The smallest absolute Gasteiger partial charge is 0.244 e. The average molecular weight is 445 g/mol. The molecule has 3 aromatic carbocycles. The van der Waals surface area contributed by atoms with Gasteiger partial charge in [0.05, 0.1) is 11.1 Å². The van der Waals surface area contributed by atoms with Crippen molar-refractivity contribution in [1.82, 2.24) is 9.97 Å². The van der Waals surface area contributed by atoms with Gasteiger partial charge in [-0.15, -0.1) is 0 Å². The van der Waals surface area contributed by atoms with Gasteiger partial charge >= 0.3 is 0 Å². The Bertz CT molecular complexity index is 1340. The highest BCUT2D eigenvalue weighted by molar-refractivity contribution is 6.12. The van der Waals surface area contributed by atoms with E-state index >= 15 is 0 Å². The third-order valence-electron chi connectivity index (χ3n) is 5.92. The van der Waals surface area contributed by atoms with Gasteiger partial charge in [-0.25, -0.2) is 28.0 Å². The van der Waals surface area contributed by atoms with E-state index in [2.05, 4.69) is 9.97 Å². The summed E-state index contributed by atoms with van der Waals surface area (Å²) in [5, 5.41) is 0. The standard InChI is InChI=1S/C26H18F3N3O/c1-26(15-16-11-20(28)14-21(29)12-16)22-13-18(17-3-6-19(27)7-4-17)5-8-23(22)32(24(26)33)25-30-9-2-10-31-25/h2-14H,15H2,1H3. The second-order valence-electron chi connectivity index (χ2n) is 8.21. The molecule has 4 aromatic rings. The molecular weight excluding hydrogens is 427 g/mol. The minimum absolute atomic E-state index is 0.0731. The first-order chi connectivity index (χ1) is 15.8. The topological polar surface area (TPSA) is 46.1 Å². The maximum Gasteiger partial charge on any atom is 0.244 e. The predicted molar refractivity (Wildman–Crippen MR) is 118 cm³/mol. The molecule has 2 heterocycles. The summed E-state index contributed by atoms with van der Waals surface area (Å²) in [6, 6.07) is 16.4. The molecule has 1 atom stereocenters. The fourth-order valence-corrected chi connectivity index (χ4v) is 4.36. The molecule has 0 radical (unpaired) electrons. The van der Waals surface area contributed by atoms with Crippen molar-refractivity contribution in [1.29, 1.82) is 0 Å². The summed E-state index contributed by atoms with van der Waals surface area (Å²) in [6.45, 7) is 1.74. The monoisotopic (exact) mass is 445 g/mol. The van der Waals surface area contributed by atoms with Crippen molar-refractivity contribution in [2.45, 2.75) is 18.8 Å². The second kappa shape index (κ2) is 7.85. The van der Waals surface area contributed by atoms with Crippen LogP contribution in [-0.4, -0.2) is 15.9 Å². The number of carbonyl (C=O) groups excluding carboxylic acids is 1. The van der Waals surface area contributed by atoms with Crippen molar-refractivity contribution in [2.24, 2.45) is 0 Å². The van der Waals surface area contributed by atoms with Gasteiger partial charge in [0.2, 0.25) is 11.9 Å². The molecule has 1 amide bonds. The van der Waals surface area contributed by atoms with Crippen LogP contribution in [0.5, 0.6) is 0 Å². The molecule has 1 unspecified atom stereocenters. The summed E-state index contributed by atoms with van der Waals surface area (Å²) in [4.78, 5) is 23.7. The van der Waals surface area contributed by atoms with E-state index in [9.17, 15) is 18.0 Å². The number of anilines is 2. The molecule has 0 spiro atoms. The molecule has 1 aliphatic heterocycles. The van der Waals surface area contributed by atoms with Crippen LogP contribution in [0.4, 0.5) is 24.8 Å². The maximum absolute atomic E-state index is 13.9. The summed E-state index contributed by atoms with van der Waals surface area (Å²) in [5.41, 5.74) is 2.06. The quantitative estimate of drug-likeness (QED) is 0.403. The van der Waals surface area contributed by atoms with E-state index in [1.165, 1.54) is 29.2 Å². The molecule has 5 rings (SSSR count). The van der Waals surface area contributed by atoms with Crippen molar-refractivity contribution >= 4 is 17.5 Å². The third-order valence-corrected chi connectivity index (χ3v) is 5.92. The van der Waals surface area contributed by atoms with Gasteiger partial charge in [-0.3, -0.25) is 4.79 Å². The minimum atomic E-state index is -1.13. The summed E-state index contributed by atoms with van der Waals surface area (Å²) in [5.74, 6) is -1.84. The third kappa shape index (κ3) is 3.65. The van der Waals surface area contributed by atoms with E-state index in [4.69, 9.17) is 0 Å². The fraction of sp³-hybridized carbons (Fsp3) is 0.115. The molecule has 164 valence electrons. The molecule has 1 aromatic heterocycles. The van der Waals surface area contributed by atoms with E-state index in [-0.39, 0.29) is 24.1 Å². The Morgan fingerprint density at radius 3 is 2.12 bits per heavy atom. The number of hydrogen-bond donors (Lipinski definition) is 0. The summed E-state index contributed by atoms with van der Waals surface area (Å²) in [6.07, 6.45) is 3.16. The lowest BCUT2D eigenvalue weighted by Crippen LogP contribution is -2.38. The van der Waals surface area contributed by atoms with Crippen LogP contribution in [0.3, 0.4) is 0 Å². The number of nitrogens with zero attached hydrogens (tertiary/aromatic N) is 3. The van der Waals surface area contributed by atoms with Crippen LogP contribution in [0.15, 0.2) is 79.1 Å². The predicted octanol–water partition coefficient (Wildman–Crippen LogP) is 5.74. The first kappa shape index (κ1) is 20.9. The highest BCUT2D eigenvalue weighted by atomic mass is 19.1. The number of carbonyl (C=O) groups is 1. The first-order valence-electron chi connectivity index (χ1n) is 10.3. The lowest BCUT2D eigenvalue weighted by molar-refractivity contribution is -0.122. The van der Waals surface area contributed by atoms with Crippen molar-refractivity contribution in [3.8, 4) is 11.1 Å². The molecule has 33 heavy (non-hydrogen) atoms. The van der Waals surface area contributed by atoms with Crippen molar-refractivity contribution < 1.29 is 18.0 Å². The van der Waals surface area contributed by atoms with Crippen molar-refractivity contribution in [3.63, 3.8) is 0 Å². The Morgan fingerprint density at radius 1 is 0.818 bits per heavy atom. The van der Waals surface area contributed by atoms with Gasteiger partial charge in [0, 0.05) is 18.5 Å². The van der Waals surface area contributed by atoms with Gasteiger partial charge in [-0.05, 0) is 78.1 Å². The van der Waals surface area contributed by atoms with Crippen molar-refractivity contribution in [2.75, 3.05) is 4.90 Å². The number of rotatable bonds is 4. The van der Waals surface area contributed by atoms with E-state index in [1.807, 2.05) is 12.1 Å². The lowest BCUT2D eigenvalue weighted by Gasteiger charge is -2.24. The van der Waals surface area contributed by atoms with Gasteiger partial charge in [0.1, 0.15) is 17.5 Å². The van der Waals surface area contributed by atoms with Gasteiger partial charge in [0.25, 0.3) is 0 Å². The van der Waals surface area contributed by atoms with Gasteiger partial charge in [0.15, 0.2) is 0 Å². The number of hydrogen-bond acceptors (Lipinski definition) is 3. The van der Waals surface area contributed by atoms with E-state index in [1.54, 1.807) is 43.6 Å². The Balaban J connectivity index is 1.67. The van der Waals surface area contributed by atoms with Gasteiger partial charge in [-0.2, -0.15) is 0 Å². The van der Waals surface area contributed by atoms with Crippen LogP contribution in [0.25, 0.3) is 11.1 Å². The molecule has 0 N–H and O–H groups in total. The first-order valence-corrected chi connectivity index (χ1v) is 10.3. The molecule has 7 heteroatoms. The molecule has 1 aliphatic rings. The molecule has 0 fully saturated rings. The molecule has 0 saturated carbocycles. The molecule has 0 aliphatic carbocycles. The Hall–Kier alpha value is -4.00. The van der Waals surface area contributed by atoms with Crippen LogP contribution < -0.4 is 4.90 Å². The van der Waals surface area contributed by atoms with Crippen LogP contribution in [-0.2, 0) is 16.6 Å². The largest absolute Gasteiger partial charge is 0.273 e. The SMILES string of the molecule is CC1(Cc2cc(F)cc(F)c2)C(=O)N(c2ncccn2)c2ccc(-c3ccc(F)cc3)cc21. The number of benzene rings is 3. The average Bonchev–Trinajstić information content (AvgIpc) is 3.00. The fourth-order valence-electron chi connectivity index (χ4n) is 4.36. The van der Waals surface area contributed by atoms with Crippen molar-refractivity contribution in [3.05, 3.63) is 108 Å². The molecule has 0 saturated heterocycles. The van der Waals surface area contributed by atoms with E-state index in [0.717, 1.165) is 17.2 Å². The van der Waals surface area contributed by atoms with E-state index < -0.39 is 17.0 Å². The number of aromatic nitrogens is 2. The normalized spacial score (nSPS) is 17.3. The zero-order valence-corrected chi connectivity index (χ0v) is 17.6. The van der Waals surface area contributed by atoms with Crippen LogP contribution in [0, 0.1) is 17.5 Å². The summed E-state index contributed by atoms with van der Waals surface area (Å²) < 4.78 is 41.2. The minimum Gasteiger partial charge on any atom is -0.273 e. The van der Waals surface area contributed by atoms with Crippen LogP contribution in [0.1, 0.15) is 18.1 Å². The zero-order valence-electron chi connectivity index (χ0n) is 17.6. The molecular formula is C26H18F3N3O. The highest BCUT2D eigenvalue weighted by Crippen LogP contribution is 2.47. The van der Waals surface area contributed by atoms with Gasteiger partial charge < -0.3 is 0 Å². The summed E-state index contributed by atoms with van der Waals surface area (Å²) >= 11 is 0. The second-order valence-corrected chi connectivity index (χ2v) is 8.21. The molecule has 0 bridgehead atoms. The van der Waals surface area contributed by atoms with Crippen LogP contribution >= 0.6 is 0 Å². The zero-order chi connectivity index (χ0) is 23.2. The summed E-state index contributed by atoms with van der Waals surface area (Å²) in [7, 11) is 0. The number of fused-ring (bicyclic) bond motifs is 1. The maximum atomic E-state index is 13.9. The Labute approximate surface area is 188 Å². The van der Waals surface area contributed by atoms with Gasteiger partial charge in [-0.1, -0.05) is 18.2 Å².